The summed E-state index contributed by atoms with van der Waals surface area (Å²) >= 11 is 0. The first-order valence-corrected chi connectivity index (χ1v) is 7.97. The molecular formula is C15H24ClN5O2. The van der Waals surface area contributed by atoms with Crippen LogP contribution in [0.15, 0.2) is 12.4 Å². The minimum Gasteiger partial charge on any atom is -0.352 e. The summed E-state index contributed by atoms with van der Waals surface area (Å²) in [5.74, 6) is -0.208. The number of nitrogens with one attached hydrogen (secondary N) is 2. The largest absolute Gasteiger partial charge is 0.352 e. The van der Waals surface area contributed by atoms with Gasteiger partial charge in [-0.15, -0.1) is 12.4 Å². The summed E-state index contributed by atoms with van der Waals surface area (Å²) in [6.07, 6.45) is 9.89. The van der Waals surface area contributed by atoms with Gasteiger partial charge in [-0.25, -0.2) is 0 Å². The Morgan fingerprint density at radius 1 is 1.30 bits per heavy atom. The van der Waals surface area contributed by atoms with E-state index in [-0.39, 0.29) is 30.8 Å². The molecule has 8 heteroatoms. The van der Waals surface area contributed by atoms with Crippen molar-refractivity contribution in [2.75, 3.05) is 5.32 Å². The molecule has 2 aliphatic rings. The molecule has 3 rings (SSSR count). The van der Waals surface area contributed by atoms with Crippen molar-refractivity contribution in [1.29, 1.82) is 0 Å². The van der Waals surface area contributed by atoms with E-state index in [2.05, 4.69) is 15.7 Å². The van der Waals surface area contributed by atoms with E-state index in [1.807, 2.05) is 0 Å². The Morgan fingerprint density at radius 3 is 2.65 bits per heavy atom. The molecule has 2 amide bonds. The van der Waals surface area contributed by atoms with Gasteiger partial charge >= 0.3 is 0 Å². The fraction of sp³-hybridized carbons (Fsp3) is 0.667. The van der Waals surface area contributed by atoms with Crippen LogP contribution in [-0.4, -0.2) is 33.2 Å². The van der Waals surface area contributed by atoms with Crippen LogP contribution in [-0.2, 0) is 16.1 Å². The van der Waals surface area contributed by atoms with Gasteiger partial charge in [0, 0.05) is 12.2 Å². The van der Waals surface area contributed by atoms with Crippen molar-refractivity contribution in [3.05, 3.63) is 12.4 Å². The van der Waals surface area contributed by atoms with E-state index in [1.165, 1.54) is 4.68 Å². The van der Waals surface area contributed by atoms with E-state index in [0.717, 1.165) is 44.9 Å². The van der Waals surface area contributed by atoms with Gasteiger partial charge in [0.05, 0.1) is 17.4 Å². The highest BCUT2D eigenvalue weighted by Gasteiger charge is 2.35. The molecule has 0 radical (unpaired) electrons. The molecule has 0 spiro atoms. The maximum atomic E-state index is 12.3. The van der Waals surface area contributed by atoms with E-state index in [4.69, 9.17) is 5.73 Å². The molecule has 0 aromatic carbocycles. The molecule has 1 heterocycles. The third-order valence-electron chi connectivity index (χ3n) is 4.34. The van der Waals surface area contributed by atoms with E-state index >= 15 is 0 Å². The molecule has 2 fully saturated rings. The van der Waals surface area contributed by atoms with Gasteiger partial charge < -0.3 is 16.4 Å². The second-order valence-electron chi connectivity index (χ2n) is 6.44. The smallest absolute Gasteiger partial charge is 0.244 e. The quantitative estimate of drug-likeness (QED) is 0.748. The summed E-state index contributed by atoms with van der Waals surface area (Å²) in [7, 11) is 0. The lowest BCUT2D eigenvalue weighted by molar-refractivity contribution is -0.122. The van der Waals surface area contributed by atoms with Gasteiger partial charge in [-0.2, -0.15) is 5.10 Å². The van der Waals surface area contributed by atoms with Crippen molar-refractivity contribution >= 4 is 29.9 Å². The Bertz CT molecular complexity index is 564. The first-order chi connectivity index (χ1) is 10.5. The summed E-state index contributed by atoms with van der Waals surface area (Å²) in [5.41, 5.74) is 6.01. The van der Waals surface area contributed by atoms with Crippen molar-refractivity contribution in [3.8, 4) is 0 Å². The van der Waals surface area contributed by atoms with E-state index in [9.17, 15) is 9.59 Å². The summed E-state index contributed by atoms with van der Waals surface area (Å²) in [6.45, 7) is 0.167. The lowest BCUT2D eigenvalue weighted by Crippen LogP contribution is -2.52. The number of hydrogen-bond acceptors (Lipinski definition) is 4. The molecule has 0 saturated heterocycles. The van der Waals surface area contributed by atoms with Gasteiger partial charge in [-0.1, -0.05) is 19.3 Å². The highest BCUT2D eigenvalue weighted by Crippen LogP contribution is 2.27. The molecule has 7 nitrogen and oxygen atoms in total. The summed E-state index contributed by atoms with van der Waals surface area (Å²) in [6, 6.07) is 0.339. The van der Waals surface area contributed by atoms with Crippen LogP contribution in [0.5, 0.6) is 0 Å². The third-order valence-corrected chi connectivity index (χ3v) is 4.34. The first-order valence-electron chi connectivity index (χ1n) is 7.97. The van der Waals surface area contributed by atoms with E-state index in [1.54, 1.807) is 12.4 Å². The minimum atomic E-state index is -0.774. The fourth-order valence-corrected chi connectivity index (χ4v) is 2.83. The second kappa shape index (κ2) is 7.31. The topological polar surface area (TPSA) is 102 Å². The number of carbonyl (C=O) groups excluding carboxylic acids is 2. The zero-order valence-electron chi connectivity index (χ0n) is 13.1. The molecular weight excluding hydrogens is 318 g/mol. The summed E-state index contributed by atoms with van der Waals surface area (Å²) < 4.78 is 1.53. The van der Waals surface area contributed by atoms with Crippen LogP contribution in [0.3, 0.4) is 0 Å². The standard InChI is InChI=1S/C15H23N5O2.ClH/c16-15(6-2-1-3-7-15)14(22)19-12-8-17-20(9-12)10-13(21)18-11-4-5-11;/h8-9,11H,1-7,10,16H2,(H,18,21)(H,19,22);1H. The lowest BCUT2D eigenvalue weighted by Gasteiger charge is -2.31. The Hall–Kier alpha value is -1.60. The molecule has 2 aliphatic carbocycles. The molecule has 1 aromatic heterocycles. The minimum absolute atomic E-state index is 0. The Labute approximate surface area is 141 Å². The normalized spacial score (nSPS) is 19.5. The number of rotatable bonds is 5. The highest BCUT2D eigenvalue weighted by atomic mass is 35.5. The predicted molar refractivity (Wildman–Crippen MR) is 89.3 cm³/mol. The number of halogens is 1. The summed E-state index contributed by atoms with van der Waals surface area (Å²) in [5, 5.41) is 9.83. The number of hydrogen-bond donors (Lipinski definition) is 3. The van der Waals surface area contributed by atoms with Gasteiger partial charge in [0.2, 0.25) is 11.8 Å². The van der Waals surface area contributed by atoms with Crippen molar-refractivity contribution in [3.63, 3.8) is 0 Å². The van der Waals surface area contributed by atoms with Crippen molar-refractivity contribution in [1.82, 2.24) is 15.1 Å². The highest BCUT2D eigenvalue weighted by molar-refractivity contribution is 5.97. The van der Waals surface area contributed by atoms with Gasteiger partial charge in [0.1, 0.15) is 6.54 Å². The average Bonchev–Trinajstić information content (AvgIpc) is 3.18. The lowest BCUT2D eigenvalue weighted by atomic mass is 9.82. The number of aromatic nitrogens is 2. The zero-order chi connectivity index (χ0) is 15.6. The van der Waals surface area contributed by atoms with Crippen LogP contribution in [0.4, 0.5) is 5.69 Å². The number of carbonyl (C=O) groups is 2. The molecule has 0 unspecified atom stereocenters. The Kier molecular flexibility index (Phi) is 5.64. The van der Waals surface area contributed by atoms with Crippen molar-refractivity contribution in [2.45, 2.75) is 63.1 Å². The monoisotopic (exact) mass is 341 g/mol. The number of amides is 2. The van der Waals surface area contributed by atoms with Crippen LogP contribution < -0.4 is 16.4 Å². The first kappa shape index (κ1) is 17.7. The fourth-order valence-electron chi connectivity index (χ4n) is 2.83. The molecule has 0 bridgehead atoms. The molecule has 0 aliphatic heterocycles. The van der Waals surface area contributed by atoms with E-state index < -0.39 is 5.54 Å². The van der Waals surface area contributed by atoms with Crippen molar-refractivity contribution < 1.29 is 9.59 Å². The van der Waals surface area contributed by atoms with E-state index in [0.29, 0.717) is 11.7 Å². The van der Waals surface area contributed by atoms with Crippen LogP contribution in [0.2, 0.25) is 0 Å². The second-order valence-corrected chi connectivity index (χ2v) is 6.44. The summed E-state index contributed by atoms with van der Waals surface area (Å²) in [4.78, 5) is 24.0. The zero-order valence-corrected chi connectivity index (χ0v) is 13.9. The maximum absolute atomic E-state index is 12.3. The van der Waals surface area contributed by atoms with Gasteiger partial charge in [0.15, 0.2) is 0 Å². The third kappa shape index (κ3) is 4.68. The Balaban J connectivity index is 0.00000192. The molecule has 1 aromatic rings. The molecule has 4 N–H and O–H groups in total. The average molecular weight is 342 g/mol. The predicted octanol–water partition coefficient (Wildman–Crippen LogP) is 1.18. The number of anilines is 1. The Morgan fingerprint density at radius 2 is 2.00 bits per heavy atom. The van der Waals surface area contributed by atoms with Gasteiger partial charge in [-0.05, 0) is 25.7 Å². The van der Waals surface area contributed by atoms with Crippen LogP contribution in [0.1, 0.15) is 44.9 Å². The molecule has 0 atom stereocenters. The van der Waals surface area contributed by atoms with Gasteiger partial charge in [0.25, 0.3) is 0 Å². The molecule has 23 heavy (non-hydrogen) atoms. The number of nitrogens with two attached hydrogens (primary N) is 1. The maximum Gasteiger partial charge on any atom is 0.244 e. The van der Waals surface area contributed by atoms with Crippen molar-refractivity contribution in [2.24, 2.45) is 5.73 Å². The van der Waals surface area contributed by atoms with Crippen LogP contribution in [0, 0.1) is 0 Å². The SMILES string of the molecule is Cl.NC1(C(=O)Nc2cnn(CC(=O)NC3CC3)c2)CCCCC1. The van der Waals surface area contributed by atoms with Crippen LogP contribution >= 0.6 is 12.4 Å². The van der Waals surface area contributed by atoms with Gasteiger partial charge in [-0.3, -0.25) is 14.3 Å². The van der Waals surface area contributed by atoms with Crippen LogP contribution in [0.25, 0.3) is 0 Å². The molecule has 128 valence electrons. The molecule has 2 saturated carbocycles. The number of nitrogens with zero attached hydrogens (tertiary/aromatic N) is 2.